The fourth-order valence-corrected chi connectivity index (χ4v) is 2.50. The number of esters is 2. The minimum Gasteiger partial charge on any atom is -0.449 e. The largest absolute Gasteiger partial charge is 0.449 e. The summed E-state index contributed by atoms with van der Waals surface area (Å²) in [5.41, 5.74) is 6.76. The van der Waals surface area contributed by atoms with Crippen LogP contribution in [0.4, 0.5) is 5.69 Å². The lowest BCUT2D eigenvalue weighted by atomic mass is 10.1. The zero-order valence-electron chi connectivity index (χ0n) is 13.5. The highest BCUT2D eigenvalue weighted by Crippen LogP contribution is 2.46. The maximum atomic E-state index is 12.2. The van der Waals surface area contributed by atoms with Gasteiger partial charge in [-0.05, 0) is 42.5 Å². The van der Waals surface area contributed by atoms with Gasteiger partial charge in [-0.1, -0.05) is 18.2 Å². The third-order valence-electron chi connectivity index (χ3n) is 3.78. The van der Waals surface area contributed by atoms with Crippen molar-refractivity contribution in [3.63, 3.8) is 0 Å². The Labute approximate surface area is 148 Å². The average Bonchev–Trinajstić information content (AvgIpc) is 2.66. The van der Waals surface area contributed by atoms with Crippen molar-refractivity contribution >= 4 is 17.6 Å². The highest BCUT2D eigenvalue weighted by atomic mass is 16.6. The van der Waals surface area contributed by atoms with Crippen LogP contribution in [0.1, 0.15) is 20.7 Å². The molecule has 0 fully saturated rings. The molecule has 1 aliphatic heterocycles. The molecule has 0 atom stereocenters. The van der Waals surface area contributed by atoms with Gasteiger partial charge in [0.2, 0.25) is 0 Å². The Hall–Kier alpha value is -3.80. The van der Waals surface area contributed by atoms with Crippen LogP contribution in [-0.4, -0.2) is 11.9 Å². The van der Waals surface area contributed by atoms with E-state index in [0.717, 1.165) is 0 Å². The smallest absolute Gasteiger partial charge is 0.346 e. The summed E-state index contributed by atoms with van der Waals surface area (Å²) < 4.78 is 16.4. The molecule has 3 aromatic carbocycles. The molecular formula is C20H13NO5. The lowest BCUT2D eigenvalue weighted by Crippen LogP contribution is -2.13. The van der Waals surface area contributed by atoms with Crippen LogP contribution in [0.15, 0.2) is 66.7 Å². The van der Waals surface area contributed by atoms with Gasteiger partial charge in [-0.3, -0.25) is 0 Å². The van der Waals surface area contributed by atoms with E-state index in [0.29, 0.717) is 34.2 Å². The van der Waals surface area contributed by atoms with Gasteiger partial charge < -0.3 is 19.9 Å². The first-order chi connectivity index (χ1) is 12.6. The van der Waals surface area contributed by atoms with Crippen LogP contribution in [-0.2, 0) is 4.74 Å². The number of anilines is 1. The maximum absolute atomic E-state index is 12.2. The standard InChI is InChI=1S/C20H13NO5/c21-14-7-9-16-18(11-14)25-15-8-6-13(10-17(15)24-16)20(23)26-19(22)12-4-2-1-3-5-12/h1-11H,21H2. The topological polar surface area (TPSA) is 87.9 Å². The molecule has 0 unspecified atom stereocenters. The zero-order chi connectivity index (χ0) is 18.1. The Morgan fingerprint density at radius 2 is 1.31 bits per heavy atom. The molecule has 0 bridgehead atoms. The van der Waals surface area contributed by atoms with Crippen LogP contribution < -0.4 is 15.2 Å². The molecule has 0 aromatic heterocycles. The molecule has 4 rings (SSSR count). The van der Waals surface area contributed by atoms with Gasteiger partial charge in [0.1, 0.15) is 0 Å². The van der Waals surface area contributed by atoms with Crippen molar-refractivity contribution in [3.8, 4) is 23.0 Å². The lowest BCUT2D eigenvalue weighted by Gasteiger charge is -2.21. The number of carbonyl (C=O) groups excluding carboxylic acids is 2. The van der Waals surface area contributed by atoms with E-state index in [9.17, 15) is 9.59 Å². The number of nitrogens with two attached hydrogens (primary N) is 1. The van der Waals surface area contributed by atoms with E-state index in [4.69, 9.17) is 19.9 Å². The second-order valence-corrected chi connectivity index (χ2v) is 5.61. The number of carbonyl (C=O) groups is 2. The predicted molar refractivity (Wildman–Crippen MR) is 93.6 cm³/mol. The molecule has 0 saturated carbocycles. The molecule has 1 heterocycles. The fourth-order valence-electron chi connectivity index (χ4n) is 2.50. The number of rotatable bonds is 2. The summed E-state index contributed by atoms with van der Waals surface area (Å²) in [4.78, 5) is 24.3. The maximum Gasteiger partial charge on any atom is 0.346 e. The minimum absolute atomic E-state index is 0.176. The van der Waals surface area contributed by atoms with Crippen LogP contribution in [0.5, 0.6) is 23.0 Å². The molecule has 1 aliphatic rings. The first kappa shape index (κ1) is 15.7. The summed E-state index contributed by atoms with van der Waals surface area (Å²) in [6.07, 6.45) is 0. The normalized spacial score (nSPS) is 11.4. The molecule has 128 valence electrons. The molecule has 26 heavy (non-hydrogen) atoms. The van der Waals surface area contributed by atoms with E-state index < -0.39 is 11.9 Å². The number of hydrogen-bond donors (Lipinski definition) is 1. The van der Waals surface area contributed by atoms with Crippen LogP contribution in [0.25, 0.3) is 0 Å². The predicted octanol–water partition coefficient (Wildman–Crippen LogP) is 4.16. The summed E-state index contributed by atoms with van der Waals surface area (Å²) in [6, 6.07) is 17.8. The Bertz CT molecular complexity index is 1010. The van der Waals surface area contributed by atoms with Crippen LogP contribution in [0.2, 0.25) is 0 Å². The second kappa shape index (κ2) is 6.25. The summed E-state index contributed by atoms with van der Waals surface area (Å²) >= 11 is 0. The first-order valence-electron chi connectivity index (χ1n) is 7.81. The van der Waals surface area contributed by atoms with E-state index in [1.54, 1.807) is 54.6 Å². The number of fused-ring (bicyclic) bond motifs is 2. The Morgan fingerprint density at radius 3 is 2.04 bits per heavy atom. The van der Waals surface area contributed by atoms with Gasteiger partial charge in [-0.25, -0.2) is 9.59 Å². The molecule has 0 spiro atoms. The van der Waals surface area contributed by atoms with E-state index in [-0.39, 0.29) is 5.56 Å². The Morgan fingerprint density at radius 1 is 0.692 bits per heavy atom. The quantitative estimate of drug-likeness (QED) is 0.333. The van der Waals surface area contributed by atoms with Gasteiger partial charge in [-0.2, -0.15) is 0 Å². The van der Waals surface area contributed by atoms with Gasteiger partial charge in [0.15, 0.2) is 23.0 Å². The van der Waals surface area contributed by atoms with E-state index >= 15 is 0 Å². The Kier molecular flexibility index (Phi) is 3.78. The molecule has 3 aromatic rings. The van der Waals surface area contributed by atoms with Gasteiger partial charge in [0.05, 0.1) is 11.1 Å². The van der Waals surface area contributed by atoms with Crippen LogP contribution in [0, 0.1) is 0 Å². The van der Waals surface area contributed by atoms with Gasteiger partial charge >= 0.3 is 11.9 Å². The minimum atomic E-state index is -0.770. The SMILES string of the molecule is Nc1ccc2c(c1)Oc1ccc(C(=O)OC(=O)c3ccccc3)cc1O2. The van der Waals surface area contributed by atoms with Crippen molar-refractivity contribution in [2.45, 2.75) is 0 Å². The molecule has 0 radical (unpaired) electrons. The van der Waals surface area contributed by atoms with E-state index in [1.807, 2.05) is 0 Å². The zero-order valence-corrected chi connectivity index (χ0v) is 13.5. The van der Waals surface area contributed by atoms with Gasteiger partial charge in [-0.15, -0.1) is 0 Å². The highest BCUT2D eigenvalue weighted by molar-refractivity contribution is 6.02. The molecule has 0 aliphatic carbocycles. The molecule has 6 nitrogen and oxygen atoms in total. The Balaban J connectivity index is 1.55. The van der Waals surface area contributed by atoms with Gasteiger partial charge in [0, 0.05) is 11.8 Å². The summed E-state index contributed by atoms with van der Waals surface area (Å²) in [5.74, 6) is 0.280. The number of ether oxygens (including phenoxy) is 3. The lowest BCUT2D eigenvalue weighted by molar-refractivity contribution is 0.0397. The summed E-state index contributed by atoms with van der Waals surface area (Å²) in [7, 11) is 0. The van der Waals surface area contributed by atoms with Crippen LogP contribution in [0.3, 0.4) is 0 Å². The van der Waals surface area contributed by atoms with Crippen molar-refractivity contribution in [3.05, 3.63) is 77.9 Å². The molecule has 6 heteroatoms. The van der Waals surface area contributed by atoms with Gasteiger partial charge in [0.25, 0.3) is 0 Å². The monoisotopic (exact) mass is 347 g/mol. The molecule has 0 amide bonds. The summed E-state index contributed by atoms with van der Waals surface area (Å²) in [5, 5.41) is 0. The summed E-state index contributed by atoms with van der Waals surface area (Å²) in [6.45, 7) is 0. The molecule has 2 N–H and O–H groups in total. The number of nitrogen functional groups attached to an aromatic ring is 1. The van der Waals surface area contributed by atoms with Crippen molar-refractivity contribution in [2.24, 2.45) is 0 Å². The fraction of sp³-hybridized carbons (Fsp3) is 0. The van der Waals surface area contributed by atoms with Crippen molar-refractivity contribution in [2.75, 3.05) is 5.73 Å². The van der Waals surface area contributed by atoms with E-state index in [2.05, 4.69) is 0 Å². The third-order valence-corrected chi connectivity index (χ3v) is 3.78. The second-order valence-electron chi connectivity index (χ2n) is 5.61. The van der Waals surface area contributed by atoms with Crippen molar-refractivity contribution in [1.29, 1.82) is 0 Å². The first-order valence-corrected chi connectivity index (χ1v) is 7.81. The van der Waals surface area contributed by atoms with Crippen LogP contribution >= 0.6 is 0 Å². The van der Waals surface area contributed by atoms with Crippen molar-refractivity contribution in [1.82, 2.24) is 0 Å². The third kappa shape index (κ3) is 2.95. The highest BCUT2D eigenvalue weighted by Gasteiger charge is 2.22. The van der Waals surface area contributed by atoms with Crippen molar-refractivity contribution < 1.29 is 23.8 Å². The molecular weight excluding hydrogens is 334 g/mol. The van der Waals surface area contributed by atoms with E-state index in [1.165, 1.54) is 12.1 Å². The number of hydrogen-bond acceptors (Lipinski definition) is 6. The average molecular weight is 347 g/mol. The number of benzene rings is 3. The molecule has 0 saturated heterocycles.